The molecule has 0 aliphatic rings. The van der Waals surface area contributed by atoms with Crippen LogP contribution < -0.4 is 4.74 Å². The number of aliphatic hydroxyl groups excluding tert-OH is 1. The second-order valence-electron chi connectivity index (χ2n) is 2.59. The Kier molecular flexibility index (Phi) is 3.27. The van der Waals surface area contributed by atoms with Crippen LogP contribution in [-0.2, 0) is 0 Å². The molecule has 1 rings (SSSR count). The second-order valence-corrected chi connectivity index (χ2v) is 3.00. The van der Waals surface area contributed by atoms with Crippen LogP contribution in [0.25, 0.3) is 0 Å². The molecule has 0 saturated carbocycles. The number of nitrogens with zero attached hydrogens (tertiary/aromatic N) is 1. The van der Waals surface area contributed by atoms with E-state index in [1.165, 1.54) is 19.1 Å². The van der Waals surface area contributed by atoms with Gasteiger partial charge in [0, 0.05) is 6.07 Å². The van der Waals surface area contributed by atoms with Crippen LogP contribution in [-0.4, -0.2) is 16.3 Å². The van der Waals surface area contributed by atoms with Crippen molar-refractivity contribution in [2.45, 2.75) is 13.2 Å². The van der Waals surface area contributed by atoms with E-state index in [2.05, 4.69) is 0 Å². The summed E-state index contributed by atoms with van der Waals surface area (Å²) in [5.74, 6) is 0.0934. The molecule has 1 N–H and O–H groups in total. The fourth-order valence-corrected chi connectivity index (χ4v) is 1.04. The molecule has 0 aliphatic heterocycles. The van der Waals surface area contributed by atoms with E-state index in [9.17, 15) is 10.1 Å². The molecule has 6 heteroatoms. The minimum Gasteiger partial charge on any atom is -0.464 e. The molecule has 1 unspecified atom stereocenters. The summed E-state index contributed by atoms with van der Waals surface area (Å²) >= 11 is 5.69. The van der Waals surface area contributed by atoms with Crippen molar-refractivity contribution in [3.63, 3.8) is 0 Å². The van der Waals surface area contributed by atoms with Crippen molar-refractivity contribution < 1.29 is 14.8 Å². The summed E-state index contributed by atoms with van der Waals surface area (Å²) < 4.78 is 4.85. The quantitative estimate of drug-likeness (QED) is 0.477. The molecule has 0 fully saturated rings. The first-order valence-corrected chi connectivity index (χ1v) is 4.17. The third-order valence-electron chi connectivity index (χ3n) is 1.42. The summed E-state index contributed by atoms with van der Waals surface area (Å²) in [4.78, 5) is 9.83. The third kappa shape index (κ3) is 2.58. The number of aliphatic hydroxyl groups is 1. The molecular weight excluding hydrogens is 210 g/mol. The van der Waals surface area contributed by atoms with Crippen molar-refractivity contribution in [1.29, 1.82) is 0 Å². The first kappa shape index (κ1) is 10.7. The Morgan fingerprint density at radius 2 is 2.29 bits per heavy atom. The molecule has 0 saturated heterocycles. The van der Waals surface area contributed by atoms with Gasteiger partial charge < -0.3 is 9.84 Å². The maximum atomic E-state index is 10.4. The van der Waals surface area contributed by atoms with E-state index in [1.807, 2.05) is 0 Å². The van der Waals surface area contributed by atoms with E-state index in [1.54, 1.807) is 0 Å². The predicted molar refractivity (Wildman–Crippen MR) is 50.4 cm³/mol. The molecule has 1 aromatic carbocycles. The smallest absolute Gasteiger partial charge is 0.273 e. The number of hydrogen-bond acceptors (Lipinski definition) is 4. The van der Waals surface area contributed by atoms with Crippen LogP contribution in [0.2, 0.25) is 5.02 Å². The number of ether oxygens (including phenoxy) is 1. The monoisotopic (exact) mass is 217 g/mol. The van der Waals surface area contributed by atoms with Gasteiger partial charge in [0.05, 0.1) is 16.0 Å². The largest absolute Gasteiger partial charge is 0.464 e. The maximum absolute atomic E-state index is 10.4. The lowest BCUT2D eigenvalue weighted by Crippen LogP contribution is -2.09. The van der Waals surface area contributed by atoms with Crippen molar-refractivity contribution in [1.82, 2.24) is 0 Å². The summed E-state index contributed by atoms with van der Waals surface area (Å²) in [6.45, 7) is 1.38. The number of non-ortho nitro benzene ring substituents is 1. The lowest BCUT2D eigenvalue weighted by molar-refractivity contribution is -0.385. The Labute approximate surface area is 85.0 Å². The first-order chi connectivity index (χ1) is 6.50. The summed E-state index contributed by atoms with van der Waals surface area (Å²) in [6, 6.07) is 3.77. The molecule has 1 atom stereocenters. The van der Waals surface area contributed by atoms with Crippen molar-refractivity contribution >= 4 is 17.3 Å². The van der Waals surface area contributed by atoms with Crippen molar-refractivity contribution in [2.24, 2.45) is 0 Å². The molecule has 0 spiro atoms. The average molecular weight is 218 g/mol. The van der Waals surface area contributed by atoms with E-state index in [0.717, 1.165) is 6.07 Å². The fraction of sp³-hybridized carbons (Fsp3) is 0.250. The average Bonchev–Trinajstić information content (AvgIpc) is 2.07. The molecule has 0 amide bonds. The number of halogens is 1. The Hall–Kier alpha value is -1.33. The SMILES string of the molecule is CC(O)Oc1cc([N+](=O)[O-])ccc1Cl. The molecule has 0 aliphatic carbocycles. The van der Waals surface area contributed by atoms with Gasteiger partial charge in [0.2, 0.25) is 0 Å². The van der Waals surface area contributed by atoms with Gasteiger partial charge in [-0.2, -0.15) is 0 Å². The first-order valence-electron chi connectivity index (χ1n) is 3.79. The van der Waals surface area contributed by atoms with Gasteiger partial charge in [-0.05, 0) is 13.0 Å². The Morgan fingerprint density at radius 3 is 2.79 bits per heavy atom. The minimum absolute atomic E-state index is 0.0934. The van der Waals surface area contributed by atoms with Crippen LogP contribution in [0.5, 0.6) is 5.75 Å². The maximum Gasteiger partial charge on any atom is 0.273 e. The summed E-state index contributed by atoms with van der Waals surface area (Å²) in [7, 11) is 0. The van der Waals surface area contributed by atoms with Gasteiger partial charge in [0.1, 0.15) is 5.75 Å². The highest BCUT2D eigenvalue weighted by atomic mass is 35.5. The molecule has 5 nitrogen and oxygen atoms in total. The Balaban J connectivity index is 3.02. The van der Waals surface area contributed by atoms with Crippen molar-refractivity contribution in [3.8, 4) is 5.75 Å². The Morgan fingerprint density at radius 1 is 1.64 bits per heavy atom. The lowest BCUT2D eigenvalue weighted by atomic mass is 10.3. The van der Waals surface area contributed by atoms with Crippen molar-refractivity contribution in [3.05, 3.63) is 33.3 Å². The number of nitro benzene ring substituents is 1. The normalized spacial score (nSPS) is 12.2. The number of rotatable bonds is 3. The van der Waals surface area contributed by atoms with Crippen molar-refractivity contribution in [2.75, 3.05) is 0 Å². The van der Waals surface area contributed by atoms with E-state index in [-0.39, 0.29) is 16.5 Å². The molecule has 0 heterocycles. The number of nitro groups is 1. The van der Waals surface area contributed by atoms with Gasteiger partial charge in [0.25, 0.3) is 5.69 Å². The highest BCUT2D eigenvalue weighted by Crippen LogP contribution is 2.29. The van der Waals surface area contributed by atoms with Gasteiger partial charge in [-0.1, -0.05) is 11.6 Å². The van der Waals surface area contributed by atoms with Crippen LogP contribution in [0.1, 0.15) is 6.92 Å². The lowest BCUT2D eigenvalue weighted by Gasteiger charge is -2.09. The highest BCUT2D eigenvalue weighted by Gasteiger charge is 2.11. The molecule has 0 radical (unpaired) electrons. The summed E-state index contributed by atoms with van der Waals surface area (Å²) in [5, 5.41) is 19.5. The van der Waals surface area contributed by atoms with E-state index in [4.69, 9.17) is 21.4 Å². The fourth-order valence-electron chi connectivity index (χ4n) is 0.880. The van der Waals surface area contributed by atoms with E-state index < -0.39 is 11.2 Å². The molecule has 0 bridgehead atoms. The minimum atomic E-state index is -1.06. The zero-order valence-electron chi connectivity index (χ0n) is 7.31. The summed E-state index contributed by atoms with van der Waals surface area (Å²) in [5.41, 5.74) is -0.134. The Bertz CT molecular complexity index is 353. The van der Waals surface area contributed by atoms with Gasteiger partial charge in [-0.15, -0.1) is 0 Å². The summed E-state index contributed by atoms with van der Waals surface area (Å²) in [6.07, 6.45) is -1.06. The van der Waals surface area contributed by atoms with Gasteiger partial charge >= 0.3 is 0 Å². The zero-order chi connectivity index (χ0) is 10.7. The third-order valence-corrected chi connectivity index (χ3v) is 1.74. The molecule has 0 aromatic heterocycles. The standard InChI is InChI=1S/C8H8ClNO4/c1-5(11)14-8-4-6(10(12)13)2-3-7(8)9/h2-5,11H,1H3. The van der Waals surface area contributed by atoms with Crippen LogP contribution in [0.15, 0.2) is 18.2 Å². The van der Waals surface area contributed by atoms with Gasteiger partial charge in [0.15, 0.2) is 6.29 Å². The molecule has 1 aromatic rings. The highest BCUT2D eigenvalue weighted by molar-refractivity contribution is 6.32. The second kappa shape index (κ2) is 4.26. The van der Waals surface area contributed by atoms with Gasteiger partial charge in [-0.25, -0.2) is 0 Å². The predicted octanol–water partition coefficient (Wildman–Crippen LogP) is 1.97. The molecule has 14 heavy (non-hydrogen) atoms. The van der Waals surface area contributed by atoms with Crippen LogP contribution in [0.3, 0.4) is 0 Å². The number of benzene rings is 1. The van der Waals surface area contributed by atoms with Crippen LogP contribution in [0.4, 0.5) is 5.69 Å². The number of hydrogen-bond donors (Lipinski definition) is 1. The molecule has 76 valence electrons. The van der Waals surface area contributed by atoms with Crippen LogP contribution in [0, 0.1) is 10.1 Å². The van der Waals surface area contributed by atoms with E-state index >= 15 is 0 Å². The van der Waals surface area contributed by atoms with Crippen LogP contribution >= 0.6 is 11.6 Å². The zero-order valence-corrected chi connectivity index (χ0v) is 8.06. The topological polar surface area (TPSA) is 72.6 Å². The molecular formula is C8H8ClNO4. The van der Waals surface area contributed by atoms with E-state index in [0.29, 0.717) is 0 Å². The van der Waals surface area contributed by atoms with Gasteiger partial charge in [-0.3, -0.25) is 10.1 Å².